The molecule has 31 heavy (non-hydrogen) atoms. The van der Waals surface area contributed by atoms with Crippen molar-refractivity contribution in [3.63, 3.8) is 0 Å². The van der Waals surface area contributed by atoms with Gasteiger partial charge in [-0.1, -0.05) is 6.07 Å². The number of carbonyl (C=O) groups is 1. The molecule has 0 unspecified atom stereocenters. The first-order valence-corrected chi connectivity index (χ1v) is 10.5. The van der Waals surface area contributed by atoms with Crippen LogP contribution in [0.4, 0.5) is 22.0 Å². The molecule has 2 aliphatic rings. The zero-order valence-electron chi connectivity index (χ0n) is 17.6. The molecule has 1 aliphatic carbocycles. The second-order valence-electron chi connectivity index (χ2n) is 8.19. The number of hydrogen-bond acceptors (Lipinski definition) is 7. The van der Waals surface area contributed by atoms with Crippen LogP contribution in [0.2, 0.25) is 0 Å². The zero-order chi connectivity index (χ0) is 21.4. The summed E-state index contributed by atoms with van der Waals surface area (Å²) in [4.78, 5) is 22.1. The Hall–Kier alpha value is -3.33. The van der Waals surface area contributed by atoms with E-state index in [4.69, 9.17) is 14.5 Å². The maximum Gasteiger partial charge on any atom is 0.328 e. The normalized spacial score (nSPS) is 18.9. The van der Waals surface area contributed by atoms with Crippen molar-refractivity contribution in [2.24, 2.45) is 5.92 Å². The largest absolute Gasteiger partial charge is 0.495 e. The molecule has 5 rings (SSSR count). The maximum atomic E-state index is 12.9. The zero-order valence-corrected chi connectivity index (χ0v) is 17.6. The van der Waals surface area contributed by atoms with Crippen molar-refractivity contribution < 1.29 is 14.3 Å². The van der Waals surface area contributed by atoms with Crippen molar-refractivity contribution in [3.05, 3.63) is 36.2 Å². The minimum absolute atomic E-state index is 0.167. The molecule has 0 spiro atoms. The Morgan fingerprint density at radius 1 is 1.32 bits per heavy atom. The van der Waals surface area contributed by atoms with Crippen LogP contribution in [0.5, 0.6) is 5.75 Å². The van der Waals surface area contributed by atoms with Gasteiger partial charge in [0, 0.05) is 12.6 Å². The Bertz CT molecular complexity index is 1120. The fourth-order valence-electron chi connectivity index (χ4n) is 3.67. The average molecular weight is 422 g/mol. The average Bonchev–Trinajstić information content (AvgIpc) is 3.48. The third-order valence-electron chi connectivity index (χ3n) is 5.53. The molecule has 0 saturated heterocycles. The predicted octanol–water partition coefficient (Wildman–Crippen LogP) is 3.48. The number of benzene rings is 1. The quantitative estimate of drug-likeness (QED) is 0.591. The predicted molar refractivity (Wildman–Crippen MR) is 118 cm³/mol. The van der Waals surface area contributed by atoms with Crippen LogP contribution in [-0.2, 0) is 11.3 Å². The van der Waals surface area contributed by atoms with E-state index in [1.165, 1.54) is 23.7 Å². The molecule has 1 aliphatic heterocycles. The van der Waals surface area contributed by atoms with Gasteiger partial charge in [-0.15, -0.1) is 0 Å². The van der Waals surface area contributed by atoms with Crippen molar-refractivity contribution in [2.45, 2.75) is 32.4 Å². The first-order valence-electron chi connectivity index (χ1n) is 10.5. The van der Waals surface area contributed by atoms with Crippen LogP contribution >= 0.6 is 0 Å². The van der Waals surface area contributed by atoms with Crippen LogP contribution in [0.1, 0.15) is 25.3 Å². The van der Waals surface area contributed by atoms with Crippen molar-refractivity contribution in [1.29, 1.82) is 0 Å². The standard InChI is InChI=1S/C22H26N6O3/c1-13-10-31-11-15-5-6-18(30-2)16(7-15)26-19-8-17(23-9-14-3-4-14)20-21(27-19)28(12-24-20)22(29)25-13/h5-8,12-14H,3-4,9-11H2,1-2H3,(H,25,29)(H2,23,26,27)/t13-/m1/s1. The molecule has 162 valence electrons. The van der Waals surface area contributed by atoms with Crippen LogP contribution in [0.3, 0.4) is 0 Å². The van der Waals surface area contributed by atoms with E-state index in [0.717, 1.165) is 23.5 Å². The number of methoxy groups -OCH3 is 1. The lowest BCUT2D eigenvalue weighted by Gasteiger charge is -2.18. The molecule has 3 aromatic rings. The van der Waals surface area contributed by atoms with Crippen molar-refractivity contribution in [1.82, 2.24) is 19.9 Å². The van der Waals surface area contributed by atoms with E-state index in [1.54, 1.807) is 7.11 Å². The summed E-state index contributed by atoms with van der Waals surface area (Å²) in [6, 6.07) is 7.34. The highest BCUT2D eigenvalue weighted by molar-refractivity contribution is 5.94. The lowest BCUT2D eigenvalue weighted by atomic mass is 10.2. The van der Waals surface area contributed by atoms with E-state index in [9.17, 15) is 4.79 Å². The van der Waals surface area contributed by atoms with E-state index >= 15 is 0 Å². The molecule has 9 heteroatoms. The number of anilines is 3. The number of aromatic nitrogens is 3. The van der Waals surface area contributed by atoms with E-state index < -0.39 is 0 Å². The number of fused-ring (bicyclic) bond motifs is 3. The second kappa shape index (κ2) is 8.07. The van der Waals surface area contributed by atoms with Crippen LogP contribution in [0, 0.1) is 5.92 Å². The summed E-state index contributed by atoms with van der Waals surface area (Å²) >= 11 is 0. The summed E-state index contributed by atoms with van der Waals surface area (Å²) in [7, 11) is 1.63. The first-order chi connectivity index (χ1) is 15.1. The van der Waals surface area contributed by atoms with Gasteiger partial charge in [0.15, 0.2) is 5.65 Å². The topological polar surface area (TPSA) is 102 Å². The number of ether oxygens (including phenoxy) is 2. The minimum atomic E-state index is -0.287. The molecule has 2 aromatic heterocycles. The summed E-state index contributed by atoms with van der Waals surface area (Å²) in [5.74, 6) is 1.99. The van der Waals surface area contributed by atoms with E-state index in [0.29, 0.717) is 41.9 Å². The summed E-state index contributed by atoms with van der Waals surface area (Å²) < 4.78 is 12.8. The van der Waals surface area contributed by atoms with E-state index in [1.807, 2.05) is 31.2 Å². The van der Waals surface area contributed by atoms with Gasteiger partial charge in [0.2, 0.25) is 0 Å². The summed E-state index contributed by atoms with van der Waals surface area (Å²) in [5, 5.41) is 9.80. The van der Waals surface area contributed by atoms with Gasteiger partial charge in [0.1, 0.15) is 23.4 Å². The van der Waals surface area contributed by atoms with Crippen LogP contribution in [0.25, 0.3) is 11.2 Å². The molecule has 0 radical (unpaired) electrons. The van der Waals surface area contributed by atoms with Gasteiger partial charge >= 0.3 is 6.03 Å². The van der Waals surface area contributed by atoms with Crippen molar-refractivity contribution >= 4 is 34.4 Å². The summed E-state index contributed by atoms with van der Waals surface area (Å²) in [6.45, 7) is 3.60. The van der Waals surface area contributed by atoms with E-state index in [-0.39, 0.29) is 12.1 Å². The van der Waals surface area contributed by atoms with Crippen LogP contribution in [0.15, 0.2) is 30.6 Å². The molecule has 1 atom stereocenters. The number of nitrogens with zero attached hydrogens (tertiary/aromatic N) is 3. The van der Waals surface area contributed by atoms with Gasteiger partial charge in [-0.25, -0.2) is 19.3 Å². The van der Waals surface area contributed by atoms with Gasteiger partial charge in [-0.2, -0.15) is 0 Å². The number of rotatable bonds is 4. The van der Waals surface area contributed by atoms with Gasteiger partial charge in [0.25, 0.3) is 0 Å². The SMILES string of the molecule is COc1ccc2cc1Nc1cc(NCC3CC3)c3ncn(c3n1)C(=O)N[C@H](C)COC2. The fraction of sp³-hybridized carbons (Fsp3) is 0.409. The third-order valence-corrected chi connectivity index (χ3v) is 5.53. The molecular formula is C22H26N6O3. The summed E-state index contributed by atoms with van der Waals surface area (Å²) in [6.07, 6.45) is 4.00. The number of imidazole rings is 1. The number of hydrogen-bond donors (Lipinski definition) is 3. The Balaban J connectivity index is 1.61. The molecule has 3 N–H and O–H groups in total. The highest BCUT2D eigenvalue weighted by atomic mass is 16.5. The van der Waals surface area contributed by atoms with Gasteiger partial charge in [-0.3, -0.25) is 0 Å². The van der Waals surface area contributed by atoms with Crippen LogP contribution < -0.4 is 20.7 Å². The van der Waals surface area contributed by atoms with Crippen LogP contribution in [-0.4, -0.2) is 46.9 Å². The number of pyridine rings is 1. The monoisotopic (exact) mass is 422 g/mol. The molecule has 1 fully saturated rings. The molecule has 9 nitrogen and oxygen atoms in total. The Morgan fingerprint density at radius 3 is 3.00 bits per heavy atom. The second-order valence-corrected chi connectivity index (χ2v) is 8.19. The molecule has 3 heterocycles. The minimum Gasteiger partial charge on any atom is -0.495 e. The molecule has 1 saturated carbocycles. The fourth-order valence-corrected chi connectivity index (χ4v) is 3.67. The van der Waals surface area contributed by atoms with Gasteiger partial charge in [0.05, 0.1) is 37.7 Å². The Labute approximate surface area is 180 Å². The van der Waals surface area contributed by atoms with Gasteiger partial charge in [-0.05, 0) is 43.4 Å². The number of carbonyl (C=O) groups excluding carboxylic acids is 1. The van der Waals surface area contributed by atoms with Crippen molar-refractivity contribution in [3.8, 4) is 5.75 Å². The summed E-state index contributed by atoms with van der Waals surface area (Å²) in [5.41, 5.74) is 3.78. The lowest BCUT2D eigenvalue weighted by Crippen LogP contribution is -2.38. The third kappa shape index (κ3) is 4.13. The van der Waals surface area contributed by atoms with Crippen molar-refractivity contribution in [2.75, 3.05) is 30.9 Å². The molecular weight excluding hydrogens is 396 g/mol. The number of nitrogens with one attached hydrogen (secondary N) is 3. The number of amides is 1. The first kappa shape index (κ1) is 19.6. The Morgan fingerprint density at radius 2 is 2.19 bits per heavy atom. The lowest BCUT2D eigenvalue weighted by molar-refractivity contribution is 0.104. The highest BCUT2D eigenvalue weighted by Gasteiger charge is 2.23. The molecule has 1 amide bonds. The molecule has 4 bridgehead atoms. The Kier molecular flexibility index (Phi) is 5.11. The highest BCUT2D eigenvalue weighted by Crippen LogP contribution is 2.33. The van der Waals surface area contributed by atoms with E-state index in [2.05, 4.69) is 20.9 Å². The maximum absolute atomic E-state index is 12.9. The molecule has 1 aromatic carbocycles. The van der Waals surface area contributed by atoms with Gasteiger partial charge < -0.3 is 25.4 Å². The smallest absolute Gasteiger partial charge is 0.328 e.